The monoisotopic (exact) mass is 814 g/mol. The minimum atomic E-state index is 0.506. The van der Waals surface area contributed by atoms with Crippen molar-refractivity contribution >= 4 is 17.1 Å². The molecule has 61 heavy (non-hydrogen) atoms. The molecular weight excluding hydrogens is 761 g/mol. The predicted octanol–water partition coefficient (Wildman–Crippen LogP) is 13.6. The summed E-state index contributed by atoms with van der Waals surface area (Å²) in [6.45, 7) is 15.3. The fraction of sp³-hybridized carbons (Fsp3) is 0.226. The van der Waals surface area contributed by atoms with Gasteiger partial charge in [-0.3, -0.25) is 0 Å². The molecule has 0 spiro atoms. The van der Waals surface area contributed by atoms with Crippen molar-refractivity contribution in [3.63, 3.8) is 0 Å². The van der Waals surface area contributed by atoms with Gasteiger partial charge in [0.15, 0.2) is 0 Å². The summed E-state index contributed by atoms with van der Waals surface area (Å²) in [6, 6.07) is 49.8. The van der Waals surface area contributed by atoms with Crippen molar-refractivity contribution in [1.82, 2.24) is 4.98 Å². The lowest BCUT2D eigenvalue weighted by molar-refractivity contribution is 0.323. The highest BCUT2D eigenvalue weighted by Crippen LogP contribution is 2.41. The Hall–Kier alpha value is -6.93. The molecule has 7 aromatic rings. The van der Waals surface area contributed by atoms with Crippen LogP contribution in [0, 0.1) is 0 Å². The van der Waals surface area contributed by atoms with E-state index in [0.717, 1.165) is 84.8 Å². The lowest BCUT2D eigenvalue weighted by Gasteiger charge is -2.26. The predicted molar refractivity (Wildman–Crippen MR) is 248 cm³/mol. The van der Waals surface area contributed by atoms with E-state index in [9.17, 15) is 0 Å². The molecule has 0 saturated carbocycles. The molecular formula is C53H54N2O6. The molecule has 0 unspecified atom stereocenters. The summed E-state index contributed by atoms with van der Waals surface area (Å²) in [5.74, 6) is 4.61. The number of hydrogen-bond acceptors (Lipinski definition) is 8. The second-order valence-electron chi connectivity index (χ2n) is 14.0. The lowest BCUT2D eigenvalue weighted by atomic mass is 9.97. The molecule has 8 heteroatoms. The van der Waals surface area contributed by atoms with E-state index < -0.39 is 0 Å². The van der Waals surface area contributed by atoms with Crippen LogP contribution in [-0.4, -0.2) is 44.6 Å². The molecule has 0 saturated heterocycles. The Morgan fingerprint density at radius 1 is 0.328 bits per heavy atom. The zero-order valence-corrected chi connectivity index (χ0v) is 35.9. The quantitative estimate of drug-likeness (QED) is 0.0799. The molecule has 0 aliphatic carbocycles. The van der Waals surface area contributed by atoms with Gasteiger partial charge in [0, 0.05) is 40.3 Å². The van der Waals surface area contributed by atoms with Crippen LogP contribution in [0.2, 0.25) is 0 Å². The number of ether oxygens (including phenoxy) is 6. The van der Waals surface area contributed by atoms with Gasteiger partial charge in [-0.05, 0) is 161 Å². The maximum atomic E-state index is 6.17. The summed E-state index contributed by atoms with van der Waals surface area (Å²) in [4.78, 5) is 7.47. The second kappa shape index (κ2) is 20.4. The van der Waals surface area contributed by atoms with Gasteiger partial charge < -0.3 is 33.3 Å². The number of rotatable bonds is 19. The first-order valence-corrected chi connectivity index (χ1v) is 21.2. The first kappa shape index (κ1) is 42.2. The van der Waals surface area contributed by atoms with Crippen molar-refractivity contribution in [3.8, 4) is 79.3 Å². The third kappa shape index (κ3) is 10.1. The van der Waals surface area contributed by atoms with Crippen molar-refractivity contribution in [1.29, 1.82) is 0 Å². The van der Waals surface area contributed by atoms with Gasteiger partial charge in [-0.25, -0.2) is 4.98 Å². The van der Waals surface area contributed by atoms with Crippen LogP contribution >= 0.6 is 0 Å². The van der Waals surface area contributed by atoms with Crippen LogP contribution in [0.1, 0.15) is 41.5 Å². The van der Waals surface area contributed by atoms with Crippen LogP contribution in [0.3, 0.4) is 0 Å². The summed E-state index contributed by atoms with van der Waals surface area (Å²) < 4.78 is 35.5. The standard InChI is InChI=1S/C53H54N2O6/c1-7-56-44-25-21-42(22-26-44)55(43-23-27-45(28-24-43)57-8-2)41-19-17-38(18-20-41)37-13-15-39(16-14-37)40-33-50(48-31-29-46(58-9-3)35-52(48)60-11-5)54-51(34-40)49-32-30-47(59-10-4)36-53(49)61-12-6/h13-36H,7-12H2,1-6H3. The lowest BCUT2D eigenvalue weighted by Crippen LogP contribution is -2.10. The van der Waals surface area contributed by atoms with E-state index in [1.807, 2.05) is 102 Å². The Kier molecular flexibility index (Phi) is 14.1. The zero-order chi connectivity index (χ0) is 42.6. The zero-order valence-electron chi connectivity index (χ0n) is 35.9. The Morgan fingerprint density at radius 2 is 0.639 bits per heavy atom. The maximum absolute atomic E-state index is 6.17. The molecule has 0 amide bonds. The summed E-state index contributed by atoms with van der Waals surface area (Å²) in [5.41, 5.74) is 10.7. The van der Waals surface area contributed by atoms with Gasteiger partial charge in [-0.2, -0.15) is 0 Å². The Bertz CT molecular complexity index is 2360. The first-order chi connectivity index (χ1) is 29.9. The van der Waals surface area contributed by atoms with Gasteiger partial charge >= 0.3 is 0 Å². The van der Waals surface area contributed by atoms with Gasteiger partial charge in [0.1, 0.15) is 34.5 Å². The minimum absolute atomic E-state index is 0.506. The average molecular weight is 815 g/mol. The van der Waals surface area contributed by atoms with Crippen LogP contribution < -0.4 is 33.3 Å². The number of nitrogens with zero attached hydrogens (tertiary/aromatic N) is 2. The topological polar surface area (TPSA) is 71.5 Å². The van der Waals surface area contributed by atoms with Gasteiger partial charge in [0.05, 0.1) is 51.0 Å². The Morgan fingerprint density at radius 3 is 1.02 bits per heavy atom. The molecule has 6 aromatic carbocycles. The normalized spacial score (nSPS) is 10.9. The summed E-state index contributed by atoms with van der Waals surface area (Å²) in [6.07, 6.45) is 0. The highest BCUT2D eigenvalue weighted by molar-refractivity contribution is 5.83. The summed E-state index contributed by atoms with van der Waals surface area (Å²) >= 11 is 0. The molecule has 0 atom stereocenters. The third-order valence-corrected chi connectivity index (χ3v) is 9.99. The first-order valence-electron chi connectivity index (χ1n) is 21.2. The molecule has 1 heterocycles. The third-order valence-electron chi connectivity index (χ3n) is 9.99. The second-order valence-corrected chi connectivity index (χ2v) is 14.0. The molecule has 0 aliphatic rings. The van der Waals surface area contributed by atoms with E-state index in [1.165, 1.54) is 0 Å². The van der Waals surface area contributed by atoms with Crippen LogP contribution in [0.25, 0.3) is 44.8 Å². The number of aromatic nitrogens is 1. The maximum Gasteiger partial charge on any atom is 0.132 e. The fourth-order valence-electron chi connectivity index (χ4n) is 7.29. The van der Waals surface area contributed by atoms with Crippen molar-refractivity contribution < 1.29 is 28.4 Å². The number of anilines is 3. The summed E-state index contributed by atoms with van der Waals surface area (Å²) in [7, 11) is 0. The molecule has 8 nitrogen and oxygen atoms in total. The van der Waals surface area contributed by atoms with Crippen LogP contribution in [0.5, 0.6) is 34.5 Å². The molecule has 0 radical (unpaired) electrons. The highest BCUT2D eigenvalue weighted by atomic mass is 16.5. The highest BCUT2D eigenvalue weighted by Gasteiger charge is 2.18. The average Bonchev–Trinajstić information content (AvgIpc) is 3.29. The minimum Gasteiger partial charge on any atom is -0.494 e. The van der Waals surface area contributed by atoms with Gasteiger partial charge in [0.2, 0.25) is 0 Å². The molecule has 1 aromatic heterocycles. The summed E-state index contributed by atoms with van der Waals surface area (Å²) in [5, 5.41) is 0. The number of hydrogen-bond donors (Lipinski definition) is 0. The van der Waals surface area contributed by atoms with Crippen molar-refractivity contribution in [2.45, 2.75) is 41.5 Å². The van der Waals surface area contributed by atoms with Crippen molar-refractivity contribution in [2.24, 2.45) is 0 Å². The molecule has 7 rings (SSSR count). The van der Waals surface area contributed by atoms with Crippen LogP contribution in [0.15, 0.2) is 146 Å². The number of pyridine rings is 1. The SMILES string of the molecule is CCOc1ccc(N(c2ccc(OCC)cc2)c2ccc(-c3ccc(-c4cc(-c5ccc(OCC)cc5OCC)nc(-c5ccc(OCC)cc5OCC)c4)cc3)cc2)cc1. The molecule has 0 bridgehead atoms. The van der Waals surface area contributed by atoms with E-state index in [1.54, 1.807) is 0 Å². The van der Waals surface area contributed by atoms with Gasteiger partial charge in [-0.15, -0.1) is 0 Å². The van der Waals surface area contributed by atoms with E-state index in [-0.39, 0.29) is 0 Å². The van der Waals surface area contributed by atoms with Crippen molar-refractivity contribution in [3.05, 3.63) is 146 Å². The van der Waals surface area contributed by atoms with E-state index in [4.69, 9.17) is 33.4 Å². The molecule has 312 valence electrons. The molecule has 0 aliphatic heterocycles. The molecule has 0 N–H and O–H groups in total. The Balaban J connectivity index is 1.25. The van der Waals surface area contributed by atoms with Gasteiger partial charge in [0.25, 0.3) is 0 Å². The van der Waals surface area contributed by atoms with Crippen LogP contribution in [-0.2, 0) is 0 Å². The number of benzene rings is 6. The fourth-order valence-corrected chi connectivity index (χ4v) is 7.29. The molecule has 0 fully saturated rings. The van der Waals surface area contributed by atoms with E-state index >= 15 is 0 Å². The smallest absolute Gasteiger partial charge is 0.132 e. The van der Waals surface area contributed by atoms with Crippen LogP contribution in [0.4, 0.5) is 17.1 Å². The van der Waals surface area contributed by atoms with Gasteiger partial charge in [-0.1, -0.05) is 36.4 Å². The van der Waals surface area contributed by atoms with E-state index in [2.05, 4.69) is 89.8 Å². The van der Waals surface area contributed by atoms with Crippen molar-refractivity contribution in [2.75, 3.05) is 44.5 Å². The van der Waals surface area contributed by atoms with E-state index in [0.29, 0.717) is 51.1 Å². The Labute approximate surface area is 360 Å². The largest absolute Gasteiger partial charge is 0.494 e.